The number of fused-ring (bicyclic) bond motifs is 1. The molecule has 4 heteroatoms. The molecule has 1 atom stereocenters. The van der Waals surface area contributed by atoms with Gasteiger partial charge in [-0.25, -0.2) is 0 Å². The zero-order chi connectivity index (χ0) is 14.8. The molecule has 2 heterocycles. The van der Waals surface area contributed by atoms with Crippen LogP contribution in [-0.4, -0.2) is 16.8 Å². The summed E-state index contributed by atoms with van der Waals surface area (Å²) in [5.41, 5.74) is 3.39. The van der Waals surface area contributed by atoms with Crippen molar-refractivity contribution in [2.75, 3.05) is 5.32 Å². The molecule has 0 bridgehead atoms. The third kappa shape index (κ3) is 2.46. The molecule has 0 spiro atoms. The lowest BCUT2D eigenvalue weighted by atomic mass is 10.1. The fourth-order valence-electron chi connectivity index (χ4n) is 2.56. The van der Waals surface area contributed by atoms with Crippen LogP contribution in [0.5, 0.6) is 0 Å². The molecule has 2 aliphatic heterocycles. The van der Waals surface area contributed by atoms with Gasteiger partial charge in [0.25, 0.3) is 0 Å². The van der Waals surface area contributed by atoms with Gasteiger partial charge in [0, 0.05) is 18.3 Å². The van der Waals surface area contributed by atoms with Gasteiger partial charge in [-0.05, 0) is 31.2 Å². The first-order valence-corrected chi connectivity index (χ1v) is 6.83. The van der Waals surface area contributed by atoms with E-state index in [1.165, 1.54) is 0 Å². The van der Waals surface area contributed by atoms with Crippen molar-refractivity contribution >= 4 is 11.6 Å². The van der Waals surface area contributed by atoms with Gasteiger partial charge in [0.05, 0.1) is 17.3 Å². The minimum atomic E-state index is -0.364. The van der Waals surface area contributed by atoms with Crippen LogP contribution in [0.2, 0.25) is 0 Å². The molecule has 1 N–H and O–H groups in total. The highest BCUT2D eigenvalue weighted by atomic mass is 16.2. The Morgan fingerprint density at radius 3 is 2.81 bits per heavy atom. The fourth-order valence-corrected chi connectivity index (χ4v) is 2.56. The number of anilines is 1. The lowest BCUT2D eigenvalue weighted by Crippen LogP contribution is -2.37. The second kappa shape index (κ2) is 5.29. The van der Waals surface area contributed by atoms with Crippen molar-refractivity contribution in [3.63, 3.8) is 0 Å². The average molecular weight is 277 g/mol. The SMILES string of the molecule is Cc1ccc(NC(=O)C2CC(C#N)=C3C=CC=CN32)cc1. The summed E-state index contributed by atoms with van der Waals surface area (Å²) in [5.74, 6) is -0.0958. The summed E-state index contributed by atoms with van der Waals surface area (Å²) in [6.07, 6.45) is 7.91. The van der Waals surface area contributed by atoms with Crippen molar-refractivity contribution in [2.24, 2.45) is 0 Å². The highest BCUT2D eigenvalue weighted by molar-refractivity contribution is 5.96. The van der Waals surface area contributed by atoms with Gasteiger partial charge in [-0.15, -0.1) is 0 Å². The first-order valence-electron chi connectivity index (χ1n) is 6.83. The average Bonchev–Trinajstić information content (AvgIpc) is 2.88. The van der Waals surface area contributed by atoms with Gasteiger partial charge in [0.15, 0.2) is 0 Å². The maximum atomic E-state index is 12.5. The summed E-state index contributed by atoms with van der Waals surface area (Å²) < 4.78 is 0. The Morgan fingerprint density at radius 2 is 2.10 bits per heavy atom. The molecule has 0 radical (unpaired) electrons. The van der Waals surface area contributed by atoms with Crippen LogP contribution < -0.4 is 5.32 Å². The Labute approximate surface area is 123 Å². The van der Waals surface area contributed by atoms with Crippen molar-refractivity contribution in [1.82, 2.24) is 4.90 Å². The third-order valence-corrected chi connectivity index (χ3v) is 3.69. The molecule has 0 aromatic heterocycles. The minimum absolute atomic E-state index is 0.0958. The van der Waals surface area contributed by atoms with Crippen LogP contribution in [0.3, 0.4) is 0 Å². The first-order chi connectivity index (χ1) is 10.2. The molecule has 1 aromatic carbocycles. The van der Waals surface area contributed by atoms with Crippen molar-refractivity contribution in [3.05, 3.63) is 65.5 Å². The number of benzene rings is 1. The second-order valence-electron chi connectivity index (χ2n) is 5.16. The maximum absolute atomic E-state index is 12.5. The Hall–Kier alpha value is -2.80. The van der Waals surface area contributed by atoms with Crippen molar-refractivity contribution < 1.29 is 4.79 Å². The van der Waals surface area contributed by atoms with Gasteiger partial charge >= 0.3 is 0 Å². The van der Waals surface area contributed by atoms with Crippen molar-refractivity contribution in [1.29, 1.82) is 5.26 Å². The standard InChI is InChI=1S/C17H15N3O/c1-12-5-7-14(8-6-12)19-17(21)16-10-13(11-18)15-4-2-3-9-20(15)16/h2-9,16H,10H2,1H3,(H,19,21). The van der Waals surface area contributed by atoms with Crippen LogP contribution in [-0.2, 0) is 4.79 Å². The number of aryl methyl sites for hydroxylation is 1. The van der Waals surface area contributed by atoms with Gasteiger partial charge in [-0.1, -0.05) is 23.8 Å². The summed E-state index contributed by atoms with van der Waals surface area (Å²) in [6.45, 7) is 2.00. The first kappa shape index (κ1) is 13.2. The molecule has 3 rings (SSSR count). The van der Waals surface area contributed by atoms with Crippen LogP contribution in [0, 0.1) is 18.3 Å². The molecule has 1 unspecified atom stereocenters. The summed E-state index contributed by atoms with van der Waals surface area (Å²) in [6, 6.07) is 9.51. The number of nitriles is 1. The highest BCUT2D eigenvalue weighted by Crippen LogP contribution is 2.32. The van der Waals surface area contributed by atoms with Crippen LogP contribution >= 0.6 is 0 Å². The Bertz CT molecular complexity index is 705. The Kier molecular flexibility index (Phi) is 3.33. The Balaban J connectivity index is 1.78. The van der Waals surface area contributed by atoms with E-state index in [4.69, 9.17) is 0 Å². The van der Waals surface area contributed by atoms with Crippen molar-refractivity contribution in [3.8, 4) is 6.07 Å². The van der Waals surface area contributed by atoms with Gasteiger partial charge in [0.1, 0.15) is 6.04 Å². The number of hydrogen-bond acceptors (Lipinski definition) is 3. The lowest BCUT2D eigenvalue weighted by molar-refractivity contribution is -0.119. The van der Waals surface area contributed by atoms with Gasteiger partial charge in [-0.2, -0.15) is 5.26 Å². The minimum Gasteiger partial charge on any atom is -0.334 e. The number of rotatable bonds is 2. The van der Waals surface area contributed by atoms with Crippen LogP contribution in [0.15, 0.2) is 60.0 Å². The predicted octanol–water partition coefficient (Wildman–Crippen LogP) is 2.87. The second-order valence-corrected chi connectivity index (χ2v) is 5.16. The van der Waals surface area contributed by atoms with E-state index in [2.05, 4.69) is 11.4 Å². The molecule has 104 valence electrons. The summed E-state index contributed by atoms with van der Waals surface area (Å²) in [7, 11) is 0. The molecule has 2 aliphatic rings. The fraction of sp³-hybridized carbons (Fsp3) is 0.176. The zero-order valence-electron chi connectivity index (χ0n) is 11.7. The smallest absolute Gasteiger partial charge is 0.247 e. The molecule has 0 aliphatic carbocycles. The van der Waals surface area contributed by atoms with Gasteiger partial charge in [-0.3, -0.25) is 4.79 Å². The molecule has 4 nitrogen and oxygen atoms in total. The third-order valence-electron chi connectivity index (χ3n) is 3.69. The van der Waals surface area contributed by atoms with E-state index in [0.29, 0.717) is 12.0 Å². The molecular formula is C17H15N3O. The molecule has 21 heavy (non-hydrogen) atoms. The van der Waals surface area contributed by atoms with Crippen LogP contribution in [0.25, 0.3) is 0 Å². The molecule has 0 saturated carbocycles. The maximum Gasteiger partial charge on any atom is 0.247 e. The number of carbonyl (C=O) groups is 1. The quantitative estimate of drug-likeness (QED) is 0.904. The molecule has 0 fully saturated rings. The number of nitrogens with one attached hydrogen (secondary N) is 1. The topological polar surface area (TPSA) is 56.1 Å². The van der Waals surface area contributed by atoms with E-state index in [-0.39, 0.29) is 11.9 Å². The normalized spacial score (nSPS) is 19.4. The van der Waals surface area contributed by atoms with E-state index >= 15 is 0 Å². The Morgan fingerprint density at radius 1 is 1.33 bits per heavy atom. The van der Waals surface area contributed by atoms with Crippen LogP contribution in [0.4, 0.5) is 5.69 Å². The van der Waals surface area contributed by atoms with Gasteiger partial charge in [0.2, 0.25) is 5.91 Å². The van der Waals surface area contributed by atoms with E-state index in [1.807, 2.05) is 60.5 Å². The molecule has 0 saturated heterocycles. The van der Waals surface area contributed by atoms with E-state index < -0.39 is 0 Å². The van der Waals surface area contributed by atoms with Crippen molar-refractivity contribution in [2.45, 2.75) is 19.4 Å². The largest absolute Gasteiger partial charge is 0.334 e. The number of amides is 1. The monoisotopic (exact) mass is 277 g/mol. The number of nitrogens with zero attached hydrogens (tertiary/aromatic N) is 2. The van der Waals surface area contributed by atoms with Gasteiger partial charge < -0.3 is 10.2 Å². The molecular weight excluding hydrogens is 262 g/mol. The number of carbonyl (C=O) groups excluding carboxylic acids is 1. The zero-order valence-corrected chi connectivity index (χ0v) is 11.7. The summed E-state index contributed by atoms with van der Waals surface area (Å²) >= 11 is 0. The van der Waals surface area contributed by atoms with E-state index in [0.717, 1.165) is 16.9 Å². The lowest BCUT2D eigenvalue weighted by Gasteiger charge is -2.25. The molecule has 1 aromatic rings. The summed E-state index contributed by atoms with van der Waals surface area (Å²) in [4.78, 5) is 14.3. The van der Waals surface area contributed by atoms with E-state index in [9.17, 15) is 10.1 Å². The number of allylic oxidation sites excluding steroid dienone is 3. The summed E-state index contributed by atoms with van der Waals surface area (Å²) in [5, 5.41) is 12.1. The van der Waals surface area contributed by atoms with Crippen LogP contribution in [0.1, 0.15) is 12.0 Å². The predicted molar refractivity (Wildman–Crippen MR) is 81.0 cm³/mol. The number of hydrogen-bond donors (Lipinski definition) is 1. The highest BCUT2D eigenvalue weighted by Gasteiger charge is 2.35. The van der Waals surface area contributed by atoms with E-state index in [1.54, 1.807) is 0 Å². The molecule has 1 amide bonds.